The number of thiazole rings is 1. The van der Waals surface area contributed by atoms with Gasteiger partial charge in [-0.1, -0.05) is 0 Å². The molecule has 1 heterocycles. The highest BCUT2D eigenvalue weighted by Gasteiger charge is 2.07. The summed E-state index contributed by atoms with van der Waals surface area (Å²) in [5.41, 5.74) is 2.68. The van der Waals surface area contributed by atoms with Gasteiger partial charge >= 0.3 is 5.97 Å². The highest BCUT2D eigenvalue weighted by atomic mass is 79.9. The molecule has 5 heteroatoms. The third kappa shape index (κ3) is 3.44. The number of esters is 1. The number of carbonyl (C=O) groups is 1. The molecule has 0 N–H and O–H groups in total. The van der Waals surface area contributed by atoms with Crippen LogP contribution in [0.2, 0.25) is 0 Å². The summed E-state index contributed by atoms with van der Waals surface area (Å²) >= 11 is 4.88. The lowest BCUT2D eigenvalue weighted by atomic mass is 10.2. The van der Waals surface area contributed by atoms with Crippen LogP contribution in [0.15, 0.2) is 9.30 Å². The van der Waals surface area contributed by atoms with E-state index >= 15 is 0 Å². The van der Waals surface area contributed by atoms with E-state index in [2.05, 4.69) is 20.9 Å². The summed E-state index contributed by atoms with van der Waals surface area (Å²) in [6.45, 7) is 2.24. The number of ether oxygens (including phenoxy) is 1. The molecule has 0 bridgehead atoms. The highest BCUT2D eigenvalue weighted by Crippen LogP contribution is 2.21. The Balaban J connectivity index is 2.35. The fourth-order valence-electron chi connectivity index (χ4n) is 0.871. The fraction of sp³-hybridized carbons (Fsp3) is 0.500. The van der Waals surface area contributed by atoms with Gasteiger partial charge < -0.3 is 4.74 Å². The molecule has 0 amide bonds. The fourth-order valence-corrected chi connectivity index (χ4v) is 1.99. The van der Waals surface area contributed by atoms with Gasteiger partial charge in [0.05, 0.1) is 28.0 Å². The molecule has 0 aromatic carbocycles. The van der Waals surface area contributed by atoms with Gasteiger partial charge in [0, 0.05) is 6.42 Å². The summed E-state index contributed by atoms with van der Waals surface area (Å²) in [5.74, 6) is -0.164. The van der Waals surface area contributed by atoms with Crippen molar-refractivity contribution in [2.45, 2.75) is 19.8 Å². The van der Waals surface area contributed by atoms with E-state index in [4.69, 9.17) is 4.74 Å². The van der Waals surface area contributed by atoms with Gasteiger partial charge in [-0.2, -0.15) is 0 Å². The second kappa shape index (κ2) is 5.34. The van der Waals surface area contributed by atoms with E-state index in [1.807, 2.05) is 0 Å². The Morgan fingerprint density at radius 1 is 1.77 bits per heavy atom. The Kier molecular flexibility index (Phi) is 4.38. The van der Waals surface area contributed by atoms with Crippen molar-refractivity contribution in [2.24, 2.45) is 0 Å². The Hall–Kier alpha value is -0.420. The van der Waals surface area contributed by atoms with Crippen LogP contribution in [-0.2, 0) is 16.0 Å². The van der Waals surface area contributed by atoms with Crippen LogP contribution in [0.25, 0.3) is 0 Å². The van der Waals surface area contributed by atoms with Crippen LogP contribution < -0.4 is 0 Å². The maximum atomic E-state index is 11.0. The Bertz CT molecular complexity index is 287. The van der Waals surface area contributed by atoms with Gasteiger partial charge in [0.1, 0.15) is 0 Å². The molecule has 13 heavy (non-hydrogen) atoms. The smallest absolute Gasteiger partial charge is 0.306 e. The molecule has 0 saturated carbocycles. The number of nitrogens with zero attached hydrogens (tertiary/aromatic N) is 1. The lowest BCUT2D eigenvalue weighted by molar-refractivity contribution is -0.143. The minimum atomic E-state index is -0.164. The second-order valence-corrected chi connectivity index (χ2v) is 4.55. The van der Waals surface area contributed by atoms with Crippen molar-refractivity contribution < 1.29 is 9.53 Å². The maximum absolute atomic E-state index is 11.0. The molecular formula is C8H10BrNO2S. The lowest BCUT2D eigenvalue weighted by Crippen LogP contribution is -2.05. The molecule has 72 valence electrons. The zero-order valence-corrected chi connectivity index (χ0v) is 9.65. The van der Waals surface area contributed by atoms with Gasteiger partial charge in [0.15, 0.2) is 0 Å². The van der Waals surface area contributed by atoms with Crippen LogP contribution in [0, 0.1) is 0 Å². The van der Waals surface area contributed by atoms with Crippen LogP contribution >= 0.6 is 27.3 Å². The van der Waals surface area contributed by atoms with Crippen molar-refractivity contribution in [1.82, 2.24) is 4.98 Å². The SMILES string of the molecule is CCOC(=O)CCc1ncsc1Br. The minimum Gasteiger partial charge on any atom is -0.466 e. The molecule has 0 atom stereocenters. The summed E-state index contributed by atoms with van der Waals surface area (Å²) < 4.78 is 5.80. The Morgan fingerprint density at radius 2 is 2.54 bits per heavy atom. The van der Waals surface area contributed by atoms with Crippen molar-refractivity contribution >= 4 is 33.2 Å². The van der Waals surface area contributed by atoms with Gasteiger partial charge in [-0.25, -0.2) is 4.98 Å². The predicted molar refractivity (Wildman–Crippen MR) is 54.8 cm³/mol. The number of hydrogen-bond donors (Lipinski definition) is 0. The van der Waals surface area contributed by atoms with E-state index in [-0.39, 0.29) is 5.97 Å². The van der Waals surface area contributed by atoms with Crippen molar-refractivity contribution in [3.63, 3.8) is 0 Å². The largest absolute Gasteiger partial charge is 0.466 e. The average molecular weight is 264 g/mol. The van der Waals surface area contributed by atoms with Crippen LogP contribution in [0.1, 0.15) is 19.0 Å². The molecule has 0 aliphatic carbocycles. The monoisotopic (exact) mass is 263 g/mol. The summed E-state index contributed by atoms with van der Waals surface area (Å²) in [4.78, 5) is 15.1. The second-order valence-electron chi connectivity index (χ2n) is 2.38. The summed E-state index contributed by atoms with van der Waals surface area (Å²) in [6, 6.07) is 0. The number of carbonyl (C=O) groups excluding carboxylic acids is 1. The van der Waals surface area contributed by atoms with E-state index in [1.165, 1.54) is 11.3 Å². The predicted octanol–water partition coefficient (Wildman–Crippen LogP) is 2.40. The number of rotatable bonds is 4. The lowest BCUT2D eigenvalue weighted by Gasteiger charge is -1.99. The first-order valence-electron chi connectivity index (χ1n) is 3.97. The average Bonchev–Trinajstić information content (AvgIpc) is 2.48. The molecule has 0 spiro atoms. The van der Waals surface area contributed by atoms with Gasteiger partial charge in [0.25, 0.3) is 0 Å². The van der Waals surface area contributed by atoms with E-state index in [1.54, 1.807) is 12.4 Å². The summed E-state index contributed by atoms with van der Waals surface area (Å²) in [5, 5.41) is 0. The van der Waals surface area contributed by atoms with E-state index in [0.717, 1.165) is 9.48 Å². The zero-order valence-electron chi connectivity index (χ0n) is 7.25. The first-order chi connectivity index (χ1) is 6.24. The Labute approximate surface area is 89.3 Å². The quantitative estimate of drug-likeness (QED) is 0.784. The summed E-state index contributed by atoms with van der Waals surface area (Å²) in [6.07, 6.45) is 1.04. The standard InChI is InChI=1S/C8H10BrNO2S/c1-2-12-7(11)4-3-6-8(9)13-5-10-6/h5H,2-4H2,1H3. The highest BCUT2D eigenvalue weighted by molar-refractivity contribution is 9.11. The normalized spacial score (nSPS) is 10.0. The molecule has 0 radical (unpaired) electrons. The van der Waals surface area contributed by atoms with Crippen molar-refractivity contribution in [3.05, 3.63) is 15.0 Å². The van der Waals surface area contributed by atoms with Crippen molar-refractivity contribution in [1.29, 1.82) is 0 Å². The minimum absolute atomic E-state index is 0.164. The molecule has 0 aliphatic heterocycles. The van der Waals surface area contributed by atoms with E-state index < -0.39 is 0 Å². The number of halogens is 1. The van der Waals surface area contributed by atoms with Gasteiger partial charge in [-0.05, 0) is 22.9 Å². The number of aromatic nitrogens is 1. The number of hydrogen-bond acceptors (Lipinski definition) is 4. The van der Waals surface area contributed by atoms with Gasteiger partial charge in [-0.15, -0.1) is 11.3 Å². The third-order valence-corrected chi connectivity index (χ3v) is 3.13. The molecule has 1 aromatic rings. The van der Waals surface area contributed by atoms with Crippen LogP contribution in [-0.4, -0.2) is 17.6 Å². The van der Waals surface area contributed by atoms with E-state index in [9.17, 15) is 4.79 Å². The zero-order chi connectivity index (χ0) is 9.68. The topological polar surface area (TPSA) is 39.2 Å². The van der Waals surface area contributed by atoms with Crippen molar-refractivity contribution in [3.8, 4) is 0 Å². The van der Waals surface area contributed by atoms with Gasteiger partial charge in [0.2, 0.25) is 0 Å². The molecule has 1 aromatic heterocycles. The molecule has 0 aliphatic rings. The summed E-state index contributed by atoms with van der Waals surface area (Å²) in [7, 11) is 0. The molecule has 0 saturated heterocycles. The molecule has 0 fully saturated rings. The molecule has 1 rings (SSSR count). The van der Waals surface area contributed by atoms with Gasteiger partial charge in [-0.3, -0.25) is 4.79 Å². The van der Waals surface area contributed by atoms with Crippen LogP contribution in [0.5, 0.6) is 0 Å². The third-order valence-electron chi connectivity index (χ3n) is 1.46. The molecule has 3 nitrogen and oxygen atoms in total. The van der Waals surface area contributed by atoms with Crippen LogP contribution in [0.3, 0.4) is 0 Å². The van der Waals surface area contributed by atoms with Crippen molar-refractivity contribution in [2.75, 3.05) is 6.61 Å². The Morgan fingerprint density at radius 3 is 3.08 bits per heavy atom. The molecule has 0 unspecified atom stereocenters. The first-order valence-corrected chi connectivity index (χ1v) is 5.64. The first kappa shape index (κ1) is 10.7. The maximum Gasteiger partial charge on any atom is 0.306 e. The van der Waals surface area contributed by atoms with Crippen LogP contribution in [0.4, 0.5) is 0 Å². The molecular weight excluding hydrogens is 254 g/mol. The van der Waals surface area contributed by atoms with E-state index in [0.29, 0.717) is 19.4 Å². The number of aryl methyl sites for hydroxylation is 1.